The lowest BCUT2D eigenvalue weighted by Crippen LogP contribution is -2.07. The zero-order valence-corrected chi connectivity index (χ0v) is 34.4. The van der Waals surface area contributed by atoms with E-state index in [4.69, 9.17) is 0 Å². The quantitative estimate of drug-likeness (QED) is 0.174. The Balaban J connectivity index is 1.33. The average Bonchev–Trinajstić information content (AvgIpc) is 3.76. The molecule has 0 atom stereocenters. The lowest BCUT2D eigenvalue weighted by Gasteiger charge is -2.20. The van der Waals surface area contributed by atoms with Gasteiger partial charge in [0.1, 0.15) is 6.07 Å². The molecule has 0 aliphatic heterocycles. The van der Waals surface area contributed by atoms with E-state index in [9.17, 15) is 23.7 Å². The number of rotatable bonds is 5. The van der Waals surface area contributed by atoms with Crippen LogP contribution in [0.1, 0.15) is 38.9 Å². The van der Waals surface area contributed by atoms with Crippen LogP contribution in [0, 0.1) is 50.4 Å². The van der Waals surface area contributed by atoms with Crippen LogP contribution in [0.4, 0.5) is 13.2 Å². The molecule has 62 heavy (non-hydrogen) atoms. The van der Waals surface area contributed by atoms with Gasteiger partial charge in [-0.3, -0.25) is 0 Å². The molecule has 2 aromatic heterocycles. The highest BCUT2D eigenvalue weighted by molar-refractivity contribution is 6.12. The van der Waals surface area contributed by atoms with Crippen LogP contribution in [0.15, 0.2) is 152 Å². The first-order valence-electron chi connectivity index (χ1n) is 20.3. The van der Waals surface area contributed by atoms with E-state index in [2.05, 4.69) is 107 Å². The van der Waals surface area contributed by atoms with Gasteiger partial charge in [-0.2, -0.15) is 23.7 Å². The first kappa shape index (κ1) is 38.3. The average molecular weight is 811 g/mol. The summed E-state index contributed by atoms with van der Waals surface area (Å²) in [6, 6.07) is 52.9. The van der Waals surface area contributed by atoms with Crippen LogP contribution in [-0.4, -0.2) is 9.13 Å². The van der Waals surface area contributed by atoms with Crippen LogP contribution < -0.4 is 0 Å². The second-order valence-electron chi connectivity index (χ2n) is 16.3. The second-order valence-corrected chi connectivity index (χ2v) is 16.3. The number of nitrogens with zero attached hydrogens (tertiary/aromatic N) is 4. The Morgan fingerprint density at radius 2 is 0.903 bits per heavy atom. The van der Waals surface area contributed by atoms with Crippen molar-refractivity contribution in [2.24, 2.45) is 0 Å². The van der Waals surface area contributed by atoms with Crippen LogP contribution in [0.25, 0.3) is 88.4 Å². The summed E-state index contributed by atoms with van der Waals surface area (Å²) in [7, 11) is 0. The van der Waals surface area contributed by atoms with Gasteiger partial charge in [-0.1, -0.05) is 119 Å². The van der Waals surface area contributed by atoms with Crippen LogP contribution in [0.2, 0.25) is 0 Å². The Kier molecular flexibility index (Phi) is 8.91. The number of hydrogen-bond donors (Lipinski definition) is 0. The fraction of sp³-hybridized carbons (Fsp3) is 0.0909. The van der Waals surface area contributed by atoms with E-state index in [1.165, 1.54) is 6.07 Å². The Bertz CT molecular complexity index is 3550. The molecule has 2 heterocycles. The van der Waals surface area contributed by atoms with Crippen molar-refractivity contribution in [3.8, 4) is 56.9 Å². The molecule has 0 unspecified atom stereocenters. The lowest BCUT2D eigenvalue weighted by atomic mass is 9.95. The molecule has 0 spiro atoms. The van der Waals surface area contributed by atoms with Gasteiger partial charge in [0, 0.05) is 27.1 Å². The largest absolute Gasteiger partial charge is 0.416 e. The standard InChI is InChI=1S/C55H37F3N4/c1-32-17-33(2)20-39(19-32)37-13-15-46-44-9-5-7-11-49(44)61(52(46)26-37)51-29-48(41-23-36(30-59)24-43(25-41)55(56,57)58)54(28-42(51)31-60)62-50-12-8-6-10-45(50)47-16-14-38(27-53(47)62)40-21-34(3)18-35(4)22-40/h5-29H,1-4H3. The van der Waals surface area contributed by atoms with E-state index in [-0.39, 0.29) is 11.1 Å². The van der Waals surface area contributed by atoms with E-state index < -0.39 is 11.7 Å². The minimum Gasteiger partial charge on any atom is -0.309 e. The predicted octanol–water partition coefficient (Wildman–Crippen LogP) is 14.9. The summed E-state index contributed by atoms with van der Waals surface area (Å²) in [5.74, 6) is 0. The van der Waals surface area contributed by atoms with Crippen LogP contribution in [0.3, 0.4) is 0 Å². The summed E-state index contributed by atoms with van der Waals surface area (Å²) in [5, 5.41) is 25.1. The summed E-state index contributed by atoms with van der Waals surface area (Å²) in [6.07, 6.45) is -4.72. The minimum atomic E-state index is -4.72. The number of nitriles is 2. The minimum absolute atomic E-state index is 0.124. The van der Waals surface area contributed by atoms with Crippen molar-refractivity contribution in [3.05, 3.63) is 191 Å². The molecule has 0 amide bonds. The molecule has 0 radical (unpaired) electrons. The third-order valence-electron chi connectivity index (χ3n) is 11.9. The van der Waals surface area contributed by atoms with E-state index in [1.54, 1.807) is 6.07 Å². The van der Waals surface area contributed by atoms with E-state index >= 15 is 0 Å². The predicted molar refractivity (Wildman–Crippen MR) is 245 cm³/mol. The number of benzene rings is 8. The van der Waals surface area contributed by atoms with Gasteiger partial charge >= 0.3 is 6.18 Å². The molecule has 7 heteroatoms. The maximum atomic E-state index is 14.7. The molecule has 0 bridgehead atoms. The van der Waals surface area contributed by atoms with E-state index in [0.29, 0.717) is 22.5 Å². The van der Waals surface area contributed by atoms with Crippen molar-refractivity contribution in [1.29, 1.82) is 10.5 Å². The molecule has 0 saturated heterocycles. The normalized spacial score (nSPS) is 11.8. The number of para-hydroxylation sites is 2. The lowest BCUT2D eigenvalue weighted by molar-refractivity contribution is -0.137. The van der Waals surface area contributed by atoms with Crippen molar-refractivity contribution in [3.63, 3.8) is 0 Å². The molecule has 0 aliphatic carbocycles. The Labute approximate surface area is 356 Å². The summed E-state index contributed by atoms with van der Waals surface area (Å²) in [5.41, 5.74) is 12.8. The van der Waals surface area contributed by atoms with Gasteiger partial charge in [0.25, 0.3) is 0 Å². The van der Waals surface area contributed by atoms with Gasteiger partial charge in [0.15, 0.2) is 0 Å². The molecule has 0 fully saturated rings. The smallest absolute Gasteiger partial charge is 0.309 e. The van der Waals surface area contributed by atoms with Crippen molar-refractivity contribution in [2.75, 3.05) is 0 Å². The highest BCUT2D eigenvalue weighted by atomic mass is 19.4. The van der Waals surface area contributed by atoms with Gasteiger partial charge < -0.3 is 9.13 Å². The monoisotopic (exact) mass is 810 g/mol. The highest BCUT2D eigenvalue weighted by Crippen LogP contribution is 2.43. The zero-order chi connectivity index (χ0) is 43.0. The van der Waals surface area contributed by atoms with Gasteiger partial charge in [-0.05, 0) is 110 Å². The highest BCUT2D eigenvalue weighted by Gasteiger charge is 2.32. The van der Waals surface area contributed by atoms with Crippen molar-refractivity contribution in [1.82, 2.24) is 9.13 Å². The molecule has 10 rings (SSSR count). The molecule has 298 valence electrons. The number of alkyl halides is 3. The molecule has 10 aromatic rings. The van der Waals surface area contributed by atoms with Gasteiger partial charge in [0.05, 0.1) is 56.2 Å². The van der Waals surface area contributed by atoms with Crippen molar-refractivity contribution >= 4 is 43.6 Å². The maximum Gasteiger partial charge on any atom is 0.416 e. The molecule has 0 aliphatic rings. The van der Waals surface area contributed by atoms with Crippen LogP contribution >= 0.6 is 0 Å². The molecular weight excluding hydrogens is 774 g/mol. The third kappa shape index (κ3) is 6.38. The molecule has 0 N–H and O–H groups in total. The third-order valence-corrected chi connectivity index (χ3v) is 11.9. The Morgan fingerprint density at radius 1 is 0.419 bits per heavy atom. The molecule has 8 aromatic carbocycles. The van der Waals surface area contributed by atoms with E-state index in [1.807, 2.05) is 69.8 Å². The number of aromatic nitrogens is 2. The summed E-state index contributed by atoms with van der Waals surface area (Å²) < 4.78 is 48.2. The summed E-state index contributed by atoms with van der Waals surface area (Å²) in [6.45, 7) is 8.27. The number of aryl methyl sites for hydroxylation is 4. The van der Waals surface area contributed by atoms with Crippen molar-refractivity contribution in [2.45, 2.75) is 33.9 Å². The molecule has 0 saturated carbocycles. The van der Waals surface area contributed by atoms with Gasteiger partial charge in [0.2, 0.25) is 0 Å². The van der Waals surface area contributed by atoms with Gasteiger partial charge in [-0.15, -0.1) is 0 Å². The van der Waals surface area contributed by atoms with Gasteiger partial charge in [-0.25, -0.2) is 0 Å². The number of halogens is 3. The number of hydrogen-bond acceptors (Lipinski definition) is 2. The SMILES string of the molecule is Cc1cc(C)cc(-c2ccc3c4ccccc4n(-c4cc(-c5cc(C#N)cc(C(F)(F)F)c5)c(-n5c6ccccc6c6ccc(-c7cc(C)cc(C)c7)cc65)cc4C#N)c3c2)c1. The molecule has 4 nitrogen and oxygen atoms in total. The fourth-order valence-corrected chi connectivity index (χ4v) is 9.38. The first-order chi connectivity index (χ1) is 29.9. The zero-order valence-electron chi connectivity index (χ0n) is 34.4. The summed E-state index contributed by atoms with van der Waals surface area (Å²) in [4.78, 5) is 0. The Hall–Kier alpha value is -7.87. The van der Waals surface area contributed by atoms with E-state index in [0.717, 1.165) is 100 Å². The maximum absolute atomic E-state index is 14.7. The number of fused-ring (bicyclic) bond motifs is 6. The van der Waals surface area contributed by atoms with Crippen LogP contribution in [0.5, 0.6) is 0 Å². The topological polar surface area (TPSA) is 57.4 Å². The first-order valence-corrected chi connectivity index (χ1v) is 20.3. The second kappa shape index (κ2) is 14.4. The molecular formula is C55H37F3N4. The Morgan fingerprint density at radius 3 is 1.39 bits per heavy atom. The fourth-order valence-electron chi connectivity index (χ4n) is 9.38. The van der Waals surface area contributed by atoms with Crippen LogP contribution in [-0.2, 0) is 6.18 Å². The van der Waals surface area contributed by atoms with Crippen molar-refractivity contribution < 1.29 is 13.2 Å². The summed E-state index contributed by atoms with van der Waals surface area (Å²) >= 11 is 0.